The van der Waals surface area contributed by atoms with Crippen LogP contribution < -0.4 is 4.74 Å². The van der Waals surface area contributed by atoms with Crippen molar-refractivity contribution in [2.75, 3.05) is 0 Å². The third-order valence-electron chi connectivity index (χ3n) is 2.63. The van der Waals surface area contributed by atoms with Crippen LogP contribution in [0.15, 0.2) is 36.8 Å². The first kappa shape index (κ1) is 12.2. The highest BCUT2D eigenvalue weighted by Crippen LogP contribution is 2.19. The molecular formula is C13H14N2O3. The van der Waals surface area contributed by atoms with Crippen molar-refractivity contribution >= 4 is 5.97 Å². The number of ether oxygens (including phenoxy) is 1. The Morgan fingerprint density at radius 1 is 1.44 bits per heavy atom. The van der Waals surface area contributed by atoms with E-state index in [0.717, 1.165) is 12.2 Å². The first-order chi connectivity index (χ1) is 8.72. The molecule has 0 unspecified atom stereocenters. The van der Waals surface area contributed by atoms with Crippen molar-refractivity contribution in [1.82, 2.24) is 9.55 Å². The molecule has 0 aliphatic carbocycles. The average molecular weight is 246 g/mol. The number of nitrogens with zero attached hydrogens (tertiary/aromatic N) is 2. The van der Waals surface area contributed by atoms with E-state index in [1.807, 2.05) is 11.5 Å². The van der Waals surface area contributed by atoms with Crippen LogP contribution in [0, 0.1) is 0 Å². The zero-order chi connectivity index (χ0) is 13.0. The third kappa shape index (κ3) is 2.51. The first-order valence-electron chi connectivity index (χ1n) is 5.66. The van der Waals surface area contributed by atoms with Gasteiger partial charge in [-0.15, -0.1) is 0 Å². The van der Waals surface area contributed by atoms with Gasteiger partial charge in [-0.05, 0) is 19.1 Å². The summed E-state index contributed by atoms with van der Waals surface area (Å²) in [6, 6.07) is 6.59. The maximum absolute atomic E-state index is 11.0. The van der Waals surface area contributed by atoms with Gasteiger partial charge >= 0.3 is 5.97 Å². The van der Waals surface area contributed by atoms with Gasteiger partial charge in [0.15, 0.2) is 0 Å². The minimum Gasteiger partial charge on any atom is -0.486 e. The van der Waals surface area contributed by atoms with Crippen molar-refractivity contribution < 1.29 is 14.6 Å². The molecule has 2 aromatic rings. The second-order valence-electron chi connectivity index (χ2n) is 3.76. The van der Waals surface area contributed by atoms with E-state index < -0.39 is 5.97 Å². The molecule has 5 nitrogen and oxygen atoms in total. The van der Waals surface area contributed by atoms with Crippen LogP contribution in [0.5, 0.6) is 5.75 Å². The SMILES string of the molecule is CCn1cncc1COc1ccccc1C(=O)O. The zero-order valence-electron chi connectivity index (χ0n) is 10.0. The fraction of sp³-hybridized carbons (Fsp3) is 0.231. The predicted octanol–water partition coefficient (Wildman–Crippen LogP) is 2.18. The molecule has 1 aromatic carbocycles. The smallest absolute Gasteiger partial charge is 0.339 e. The standard InChI is InChI=1S/C13H14N2O3/c1-2-15-9-14-7-10(15)8-18-12-6-4-3-5-11(12)13(16)17/h3-7,9H,2,8H2,1H3,(H,16,17). The van der Waals surface area contributed by atoms with Gasteiger partial charge in [0.2, 0.25) is 0 Å². The van der Waals surface area contributed by atoms with Crippen molar-refractivity contribution in [2.45, 2.75) is 20.1 Å². The number of carbonyl (C=O) groups is 1. The fourth-order valence-electron chi connectivity index (χ4n) is 1.67. The van der Waals surface area contributed by atoms with Crippen molar-refractivity contribution in [3.63, 3.8) is 0 Å². The maximum Gasteiger partial charge on any atom is 0.339 e. The molecule has 0 amide bonds. The quantitative estimate of drug-likeness (QED) is 0.878. The second kappa shape index (κ2) is 5.35. The number of para-hydroxylation sites is 1. The molecule has 94 valence electrons. The van der Waals surface area contributed by atoms with Crippen LogP contribution in [0.25, 0.3) is 0 Å². The predicted molar refractivity (Wildman–Crippen MR) is 65.6 cm³/mol. The molecule has 1 aromatic heterocycles. The highest BCUT2D eigenvalue weighted by molar-refractivity contribution is 5.90. The number of hydrogen-bond acceptors (Lipinski definition) is 3. The van der Waals surface area contributed by atoms with Crippen LogP contribution >= 0.6 is 0 Å². The fourth-order valence-corrected chi connectivity index (χ4v) is 1.67. The van der Waals surface area contributed by atoms with Crippen LogP contribution in [0.1, 0.15) is 23.0 Å². The lowest BCUT2D eigenvalue weighted by molar-refractivity contribution is 0.0691. The molecule has 0 saturated heterocycles. The van der Waals surface area contributed by atoms with E-state index in [1.165, 1.54) is 6.07 Å². The summed E-state index contributed by atoms with van der Waals surface area (Å²) in [5, 5.41) is 9.03. The van der Waals surface area contributed by atoms with E-state index in [2.05, 4.69) is 4.98 Å². The van der Waals surface area contributed by atoms with Gasteiger partial charge in [0.25, 0.3) is 0 Å². The molecule has 0 radical (unpaired) electrons. The molecule has 0 aliphatic heterocycles. The van der Waals surface area contributed by atoms with E-state index >= 15 is 0 Å². The van der Waals surface area contributed by atoms with Gasteiger partial charge in [0.05, 0.1) is 18.2 Å². The molecule has 0 spiro atoms. The van der Waals surface area contributed by atoms with E-state index in [0.29, 0.717) is 12.4 Å². The second-order valence-corrected chi connectivity index (χ2v) is 3.76. The lowest BCUT2D eigenvalue weighted by Gasteiger charge is -2.09. The number of rotatable bonds is 5. The highest BCUT2D eigenvalue weighted by Gasteiger charge is 2.10. The minimum atomic E-state index is -0.991. The van der Waals surface area contributed by atoms with Crippen molar-refractivity contribution in [1.29, 1.82) is 0 Å². The van der Waals surface area contributed by atoms with Crippen molar-refractivity contribution in [3.05, 3.63) is 48.0 Å². The number of carboxylic acid groups (broad SMARTS) is 1. The molecule has 1 heterocycles. The molecule has 1 N–H and O–H groups in total. The molecule has 0 atom stereocenters. The molecule has 2 rings (SSSR count). The van der Waals surface area contributed by atoms with E-state index in [4.69, 9.17) is 9.84 Å². The highest BCUT2D eigenvalue weighted by atomic mass is 16.5. The lowest BCUT2D eigenvalue weighted by Crippen LogP contribution is -2.06. The Kier molecular flexibility index (Phi) is 3.62. The average Bonchev–Trinajstić information content (AvgIpc) is 2.84. The summed E-state index contributed by atoms with van der Waals surface area (Å²) >= 11 is 0. The largest absolute Gasteiger partial charge is 0.486 e. The van der Waals surface area contributed by atoms with Crippen LogP contribution in [-0.2, 0) is 13.2 Å². The molecule has 0 saturated carbocycles. The number of carboxylic acids is 1. The van der Waals surface area contributed by atoms with Crippen LogP contribution in [0.4, 0.5) is 0 Å². The summed E-state index contributed by atoms with van der Waals surface area (Å²) < 4.78 is 7.49. The molecule has 0 aliphatic rings. The van der Waals surface area contributed by atoms with E-state index in [9.17, 15) is 4.79 Å². The Morgan fingerprint density at radius 3 is 2.94 bits per heavy atom. The van der Waals surface area contributed by atoms with Gasteiger partial charge < -0.3 is 14.4 Å². The number of aromatic carboxylic acids is 1. The monoisotopic (exact) mass is 246 g/mol. The Balaban J connectivity index is 2.13. The van der Waals surface area contributed by atoms with Crippen molar-refractivity contribution in [3.8, 4) is 5.75 Å². The molecule has 0 bridgehead atoms. The maximum atomic E-state index is 11.0. The van der Waals surface area contributed by atoms with Gasteiger partial charge in [-0.1, -0.05) is 12.1 Å². The van der Waals surface area contributed by atoms with E-state index in [-0.39, 0.29) is 5.56 Å². The van der Waals surface area contributed by atoms with Gasteiger partial charge in [0, 0.05) is 6.54 Å². The van der Waals surface area contributed by atoms with Gasteiger partial charge in [-0.3, -0.25) is 0 Å². The van der Waals surface area contributed by atoms with Gasteiger partial charge in [0.1, 0.15) is 17.9 Å². The first-order valence-corrected chi connectivity index (χ1v) is 5.66. The lowest BCUT2D eigenvalue weighted by atomic mass is 10.2. The van der Waals surface area contributed by atoms with Gasteiger partial charge in [-0.25, -0.2) is 9.78 Å². The summed E-state index contributed by atoms with van der Waals surface area (Å²) in [4.78, 5) is 15.0. The Hall–Kier alpha value is -2.30. The molecule has 5 heteroatoms. The van der Waals surface area contributed by atoms with E-state index in [1.54, 1.807) is 30.7 Å². The molecule has 0 fully saturated rings. The summed E-state index contributed by atoms with van der Waals surface area (Å²) in [6.07, 6.45) is 3.44. The Morgan fingerprint density at radius 2 is 2.22 bits per heavy atom. The number of aromatic nitrogens is 2. The summed E-state index contributed by atoms with van der Waals surface area (Å²) in [6.45, 7) is 3.12. The van der Waals surface area contributed by atoms with Crippen molar-refractivity contribution in [2.24, 2.45) is 0 Å². The molecular weight excluding hydrogens is 232 g/mol. The number of benzene rings is 1. The Labute approximate surface area is 105 Å². The van der Waals surface area contributed by atoms with Gasteiger partial charge in [-0.2, -0.15) is 0 Å². The third-order valence-corrected chi connectivity index (χ3v) is 2.63. The molecule has 18 heavy (non-hydrogen) atoms. The Bertz CT molecular complexity index is 549. The summed E-state index contributed by atoms with van der Waals surface area (Å²) in [7, 11) is 0. The number of imidazole rings is 1. The zero-order valence-corrected chi connectivity index (χ0v) is 10.0. The number of aryl methyl sites for hydroxylation is 1. The number of hydrogen-bond donors (Lipinski definition) is 1. The minimum absolute atomic E-state index is 0.167. The van der Waals surface area contributed by atoms with Crippen LogP contribution in [0.2, 0.25) is 0 Å². The summed E-state index contributed by atoms with van der Waals surface area (Å²) in [5.74, 6) is -0.622. The van der Waals surface area contributed by atoms with Crippen LogP contribution in [0.3, 0.4) is 0 Å². The van der Waals surface area contributed by atoms with Crippen LogP contribution in [-0.4, -0.2) is 20.6 Å². The topological polar surface area (TPSA) is 64.4 Å². The summed E-state index contributed by atoms with van der Waals surface area (Å²) in [5.41, 5.74) is 1.08. The normalized spacial score (nSPS) is 10.3.